The van der Waals surface area contributed by atoms with Gasteiger partial charge in [0.1, 0.15) is 11.6 Å². The molecule has 4 rings (SSSR count). The van der Waals surface area contributed by atoms with Crippen molar-refractivity contribution < 1.29 is 29.0 Å². The van der Waals surface area contributed by atoms with E-state index in [2.05, 4.69) is 29.1 Å². The van der Waals surface area contributed by atoms with Gasteiger partial charge < -0.3 is 24.4 Å². The first-order valence-electron chi connectivity index (χ1n) is 12.7. The summed E-state index contributed by atoms with van der Waals surface area (Å²) in [6.45, 7) is 11.9. The molecule has 200 valence electrons. The average Bonchev–Trinajstić information content (AvgIpc) is 3.45. The Morgan fingerprint density at radius 2 is 2.00 bits per heavy atom. The smallest absolute Gasteiger partial charge is 0.312 e. The van der Waals surface area contributed by atoms with Crippen LogP contribution in [0.25, 0.3) is 0 Å². The molecule has 1 N–H and O–H groups in total. The number of rotatable bonds is 11. The molecule has 0 radical (unpaired) electrons. The van der Waals surface area contributed by atoms with Gasteiger partial charge in [0.05, 0.1) is 24.5 Å². The quantitative estimate of drug-likeness (QED) is 0.189. The summed E-state index contributed by atoms with van der Waals surface area (Å²) >= 11 is 3.66. The van der Waals surface area contributed by atoms with Crippen LogP contribution in [0.4, 0.5) is 5.69 Å². The Morgan fingerprint density at radius 1 is 1.30 bits per heavy atom. The van der Waals surface area contributed by atoms with Gasteiger partial charge in [-0.15, -0.1) is 13.2 Å². The maximum atomic E-state index is 14.5. The summed E-state index contributed by atoms with van der Waals surface area (Å²) in [6, 6.07) is 4.87. The van der Waals surface area contributed by atoms with Gasteiger partial charge in [0.2, 0.25) is 5.91 Å². The molecule has 1 aromatic rings. The fraction of sp³-hybridized carbons (Fsp3) is 0.536. The van der Waals surface area contributed by atoms with Gasteiger partial charge in [-0.1, -0.05) is 46.3 Å². The lowest BCUT2D eigenvalue weighted by atomic mass is 9.70. The number of likely N-dealkylation sites (tertiary alicyclic amines) is 1. The number of carbonyl (C=O) groups is 3. The van der Waals surface area contributed by atoms with Gasteiger partial charge in [-0.25, -0.2) is 0 Å². The molecule has 3 fully saturated rings. The minimum absolute atomic E-state index is 0.132. The molecule has 3 unspecified atom stereocenters. The maximum Gasteiger partial charge on any atom is 0.312 e. The molecule has 1 aromatic carbocycles. The predicted molar refractivity (Wildman–Crippen MR) is 143 cm³/mol. The SMILES string of the molecule is C=CCCOC(=O)[C@H]1[C@H]2C(=O)N(CCCO)C(C(=O)N(CC=C)c3c(C)cccc3C)C23CC(Br)[C@@H]1O3. The van der Waals surface area contributed by atoms with Crippen molar-refractivity contribution in [2.75, 3.05) is 31.2 Å². The Labute approximate surface area is 226 Å². The number of aliphatic hydroxyl groups is 1. The molecule has 3 saturated heterocycles. The molecule has 3 heterocycles. The summed E-state index contributed by atoms with van der Waals surface area (Å²) in [7, 11) is 0. The van der Waals surface area contributed by atoms with Crippen molar-refractivity contribution in [3.63, 3.8) is 0 Å². The average molecular weight is 576 g/mol. The summed E-state index contributed by atoms with van der Waals surface area (Å²) in [4.78, 5) is 44.6. The van der Waals surface area contributed by atoms with E-state index in [1.165, 1.54) is 4.90 Å². The molecule has 0 aromatic heterocycles. The highest BCUT2D eigenvalue weighted by Crippen LogP contribution is 2.60. The standard InChI is InChI=1S/C28H35BrN2O6/c1-5-7-15-36-27(35)20-21-25(33)31(13-9-14-32)24(28(21)16-19(29)23(20)37-28)26(34)30(12-6-2)22-17(3)10-8-11-18(22)4/h5-6,8,10-11,19-21,23-24,32H,1-2,7,9,12-16H2,3-4H3/t19?,20-,21-,23-,24?,28?/m0/s1. The first-order chi connectivity index (χ1) is 17.7. The number of hydrogen-bond acceptors (Lipinski definition) is 6. The highest BCUT2D eigenvalue weighted by atomic mass is 79.9. The van der Waals surface area contributed by atoms with E-state index < -0.39 is 35.6 Å². The number of hydrogen-bond donors (Lipinski definition) is 1. The number of amides is 2. The number of para-hydroxylation sites is 1. The molecule has 8 nitrogen and oxygen atoms in total. The molecule has 0 saturated carbocycles. The number of aliphatic hydroxyl groups excluding tert-OH is 1. The van der Waals surface area contributed by atoms with Gasteiger partial charge in [-0.05, 0) is 44.2 Å². The fourth-order valence-electron chi connectivity index (χ4n) is 6.30. The van der Waals surface area contributed by atoms with Gasteiger partial charge in [0.25, 0.3) is 5.91 Å². The topological polar surface area (TPSA) is 96.4 Å². The van der Waals surface area contributed by atoms with Gasteiger partial charge in [0.15, 0.2) is 0 Å². The van der Waals surface area contributed by atoms with Crippen LogP contribution in [0.5, 0.6) is 0 Å². The third kappa shape index (κ3) is 4.55. The predicted octanol–water partition coefficient (Wildman–Crippen LogP) is 3.07. The lowest BCUT2D eigenvalue weighted by Crippen LogP contribution is -2.57. The van der Waals surface area contributed by atoms with E-state index in [9.17, 15) is 19.5 Å². The molecule has 0 aliphatic carbocycles. The van der Waals surface area contributed by atoms with Crippen molar-refractivity contribution >= 4 is 39.4 Å². The first kappa shape index (κ1) is 27.5. The Kier molecular flexibility index (Phi) is 8.26. The van der Waals surface area contributed by atoms with Crippen LogP contribution in [0, 0.1) is 25.7 Å². The second-order valence-corrected chi connectivity index (χ2v) is 11.2. The number of benzene rings is 1. The van der Waals surface area contributed by atoms with Crippen LogP contribution in [-0.4, -0.2) is 76.7 Å². The zero-order chi connectivity index (χ0) is 26.9. The van der Waals surface area contributed by atoms with Gasteiger partial charge in [0, 0.05) is 30.2 Å². The molecular weight excluding hydrogens is 540 g/mol. The van der Waals surface area contributed by atoms with Gasteiger partial charge in [-0.3, -0.25) is 14.4 Å². The van der Waals surface area contributed by atoms with E-state index in [-0.39, 0.29) is 42.9 Å². The zero-order valence-electron chi connectivity index (χ0n) is 21.4. The molecule has 1 spiro atoms. The second kappa shape index (κ2) is 11.1. The molecule has 3 aliphatic rings. The lowest BCUT2D eigenvalue weighted by molar-refractivity contribution is -0.154. The Hall–Kier alpha value is -2.49. The number of esters is 1. The summed E-state index contributed by atoms with van der Waals surface area (Å²) in [6.07, 6.45) is 3.96. The highest BCUT2D eigenvalue weighted by Gasteiger charge is 2.77. The lowest BCUT2D eigenvalue weighted by Gasteiger charge is -2.37. The first-order valence-corrected chi connectivity index (χ1v) is 13.6. The number of alkyl halides is 1. The maximum absolute atomic E-state index is 14.5. The summed E-state index contributed by atoms with van der Waals surface area (Å²) in [5, 5.41) is 9.55. The third-order valence-corrected chi connectivity index (χ3v) is 8.55. The fourth-order valence-corrected chi connectivity index (χ4v) is 7.24. The van der Waals surface area contributed by atoms with E-state index in [1.54, 1.807) is 17.1 Å². The van der Waals surface area contributed by atoms with Crippen LogP contribution >= 0.6 is 15.9 Å². The summed E-state index contributed by atoms with van der Waals surface area (Å²) in [5.74, 6) is -2.74. The number of carbonyl (C=O) groups excluding carboxylic acids is 3. The van der Waals surface area contributed by atoms with Crippen molar-refractivity contribution in [2.45, 2.75) is 55.7 Å². The molecule has 3 aliphatic heterocycles. The minimum atomic E-state index is -1.18. The molecule has 6 atom stereocenters. The van der Waals surface area contributed by atoms with Crippen LogP contribution in [0.1, 0.15) is 30.4 Å². The minimum Gasteiger partial charge on any atom is -0.465 e. The Bertz CT molecular complexity index is 1070. The van der Waals surface area contributed by atoms with E-state index in [1.807, 2.05) is 32.0 Å². The number of halogens is 1. The van der Waals surface area contributed by atoms with Crippen molar-refractivity contribution in [3.05, 3.63) is 54.6 Å². The summed E-state index contributed by atoms with van der Waals surface area (Å²) < 4.78 is 12.0. The van der Waals surface area contributed by atoms with Crippen LogP contribution in [0.3, 0.4) is 0 Å². The Morgan fingerprint density at radius 3 is 2.62 bits per heavy atom. The van der Waals surface area contributed by atoms with E-state index >= 15 is 0 Å². The zero-order valence-corrected chi connectivity index (χ0v) is 23.0. The molecule has 2 amide bonds. The monoisotopic (exact) mass is 574 g/mol. The van der Waals surface area contributed by atoms with Crippen LogP contribution in [0.15, 0.2) is 43.5 Å². The van der Waals surface area contributed by atoms with E-state index in [4.69, 9.17) is 9.47 Å². The van der Waals surface area contributed by atoms with Gasteiger partial charge in [-0.2, -0.15) is 0 Å². The third-order valence-electron chi connectivity index (χ3n) is 7.71. The van der Waals surface area contributed by atoms with Crippen LogP contribution in [-0.2, 0) is 23.9 Å². The summed E-state index contributed by atoms with van der Waals surface area (Å²) in [5.41, 5.74) is 1.44. The van der Waals surface area contributed by atoms with Crippen molar-refractivity contribution in [1.29, 1.82) is 0 Å². The number of ether oxygens (including phenoxy) is 2. The Balaban J connectivity index is 1.78. The van der Waals surface area contributed by atoms with E-state index in [0.717, 1.165) is 16.8 Å². The normalized spacial score (nSPS) is 29.8. The second-order valence-electron chi connectivity index (χ2n) is 10.00. The molecule has 2 bridgehead atoms. The van der Waals surface area contributed by atoms with Crippen LogP contribution < -0.4 is 4.90 Å². The van der Waals surface area contributed by atoms with Crippen molar-refractivity contribution in [3.8, 4) is 0 Å². The number of aryl methyl sites for hydroxylation is 2. The van der Waals surface area contributed by atoms with Crippen molar-refractivity contribution in [2.24, 2.45) is 11.8 Å². The van der Waals surface area contributed by atoms with Crippen LogP contribution in [0.2, 0.25) is 0 Å². The largest absolute Gasteiger partial charge is 0.465 e. The molecule has 37 heavy (non-hydrogen) atoms. The molecular formula is C28H35BrN2O6. The van der Waals surface area contributed by atoms with Crippen molar-refractivity contribution in [1.82, 2.24) is 4.90 Å². The number of fused-ring (bicyclic) bond motifs is 1. The van der Waals surface area contributed by atoms with Gasteiger partial charge >= 0.3 is 5.97 Å². The number of nitrogens with zero attached hydrogens (tertiary/aromatic N) is 2. The molecule has 9 heteroatoms. The number of anilines is 1. The van der Waals surface area contributed by atoms with E-state index in [0.29, 0.717) is 19.3 Å². The highest BCUT2D eigenvalue weighted by molar-refractivity contribution is 9.09.